The van der Waals surface area contributed by atoms with Crippen molar-refractivity contribution >= 4 is 0 Å². The fraction of sp³-hybridized carbons (Fsp3) is 0.600. The molecule has 1 aromatic carbocycles. The minimum atomic E-state index is -0.758. The van der Waals surface area contributed by atoms with Crippen LogP contribution in [0.15, 0.2) is 18.2 Å². The standard InChI is InChI=1S/C15H23F2N/c1-10(2)13(9-18-11(3)4)8-12-6-5-7-14(16)15(12)17/h5-7,10-11,13,18H,8-9H2,1-4H3. The van der Waals surface area contributed by atoms with Crippen LogP contribution in [0, 0.1) is 23.5 Å². The summed E-state index contributed by atoms with van der Waals surface area (Å²) in [7, 11) is 0. The lowest BCUT2D eigenvalue weighted by atomic mass is 9.88. The molecule has 0 heterocycles. The molecule has 0 saturated carbocycles. The van der Waals surface area contributed by atoms with Crippen LogP contribution < -0.4 is 5.32 Å². The van der Waals surface area contributed by atoms with Gasteiger partial charge in [0.15, 0.2) is 11.6 Å². The smallest absolute Gasteiger partial charge is 0.162 e. The van der Waals surface area contributed by atoms with Gasteiger partial charge in [0, 0.05) is 6.04 Å². The number of halogens is 2. The van der Waals surface area contributed by atoms with Crippen molar-refractivity contribution in [3.05, 3.63) is 35.4 Å². The molecule has 102 valence electrons. The first-order valence-corrected chi connectivity index (χ1v) is 6.58. The van der Waals surface area contributed by atoms with E-state index in [1.54, 1.807) is 12.1 Å². The molecule has 3 heteroatoms. The van der Waals surface area contributed by atoms with Crippen molar-refractivity contribution in [2.24, 2.45) is 11.8 Å². The fourth-order valence-corrected chi connectivity index (χ4v) is 1.92. The number of benzene rings is 1. The van der Waals surface area contributed by atoms with Crippen LogP contribution in [-0.2, 0) is 6.42 Å². The van der Waals surface area contributed by atoms with Gasteiger partial charge in [-0.1, -0.05) is 39.8 Å². The first kappa shape index (κ1) is 15.1. The molecule has 0 amide bonds. The summed E-state index contributed by atoms with van der Waals surface area (Å²) < 4.78 is 26.8. The molecule has 1 atom stereocenters. The molecule has 0 saturated heterocycles. The maximum Gasteiger partial charge on any atom is 0.162 e. The lowest BCUT2D eigenvalue weighted by Crippen LogP contribution is -2.32. The summed E-state index contributed by atoms with van der Waals surface area (Å²) in [6, 6.07) is 4.81. The largest absolute Gasteiger partial charge is 0.314 e. The highest BCUT2D eigenvalue weighted by Crippen LogP contribution is 2.20. The lowest BCUT2D eigenvalue weighted by molar-refractivity contribution is 0.343. The van der Waals surface area contributed by atoms with Gasteiger partial charge in [-0.15, -0.1) is 0 Å². The molecule has 0 aliphatic rings. The summed E-state index contributed by atoms with van der Waals surface area (Å²) in [5.41, 5.74) is 0.472. The first-order chi connectivity index (χ1) is 8.41. The Balaban J connectivity index is 2.74. The van der Waals surface area contributed by atoms with E-state index in [9.17, 15) is 8.78 Å². The van der Waals surface area contributed by atoms with Gasteiger partial charge in [-0.3, -0.25) is 0 Å². The van der Waals surface area contributed by atoms with E-state index < -0.39 is 11.6 Å². The van der Waals surface area contributed by atoms with E-state index in [1.807, 2.05) is 0 Å². The van der Waals surface area contributed by atoms with Crippen molar-refractivity contribution < 1.29 is 8.78 Å². The third-order valence-electron chi connectivity index (χ3n) is 3.24. The molecule has 1 N–H and O–H groups in total. The molecule has 0 fully saturated rings. The zero-order valence-electron chi connectivity index (χ0n) is 11.6. The van der Waals surface area contributed by atoms with E-state index in [0.29, 0.717) is 29.9 Å². The van der Waals surface area contributed by atoms with Gasteiger partial charge in [0.25, 0.3) is 0 Å². The second-order valence-corrected chi connectivity index (χ2v) is 5.48. The third-order valence-corrected chi connectivity index (χ3v) is 3.24. The van der Waals surface area contributed by atoms with Crippen LogP contribution in [0.1, 0.15) is 33.3 Å². The molecule has 0 bridgehead atoms. The molecule has 18 heavy (non-hydrogen) atoms. The van der Waals surface area contributed by atoms with Crippen molar-refractivity contribution in [1.29, 1.82) is 0 Å². The molecule has 1 rings (SSSR count). The maximum absolute atomic E-state index is 13.6. The van der Waals surface area contributed by atoms with Crippen LogP contribution in [0.5, 0.6) is 0 Å². The first-order valence-electron chi connectivity index (χ1n) is 6.58. The molecule has 0 aliphatic heterocycles. The van der Waals surface area contributed by atoms with Crippen molar-refractivity contribution in [1.82, 2.24) is 5.32 Å². The summed E-state index contributed by atoms with van der Waals surface area (Å²) in [6.07, 6.45) is 0.570. The van der Waals surface area contributed by atoms with Gasteiger partial charge in [0.2, 0.25) is 0 Å². The van der Waals surface area contributed by atoms with Crippen LogP contribution in [0.4, 0.5) is 8.78 Å². The Bertz CT molecular complexity index is 375. The van der Waals surface area contributed by atoms with Crippen molar-refractivity contribution in [3.8, 4) is 0 Å². The van der Waals surface area contributed by atoms with Gasteiger partial charge in [-0.2, -0.15) is 0 Å². The van der Waals surface area contributed by atoms with Gasteiger partial charge >= 0.3 is 0 Å². The molecule has 0 radical (unpaired) electrons. The van der Waals surface area contributed by atoms with E-state index in [2.05, 4.69) is 33.0 Å². The highest BCUT2D eigenvalue weighted by molar-refractivity contribution is 5.19. The Hall–Kier alpha value is -0.960. The van der Waals surface area contributed by atoms with E-state index >= 15 is 0 Å². The van der Waals surface area contributed by atoms with Crippen LogP contribution in [0.3, 0.4) is 0 Å². The number of rotatable bonds is 6. The van der Waals surface area contributed by atoms with Crippen LogP contribution in [-0.4, -0.2) is 12.6 Å². The number of nitrogens with one attached hydrogen (secondary N) is 1. The molecule has 1 unspecified atom stereocenters. The summed E-state index contributed by atoms with van der Waals surface area (Å²) in [5.74, 6) is -0.720. The van der Waals surface area contributed by atoms with Gasteiger partial charge in [-0.05, 0) is 36.4 Å². The summed E-state index contributed by atoms with van der Waals surface area (Å²) in [6.45, 7) is 9.22. The Morgan fingerprint density at radius 3 is 2.33 bits per heavy atom. The van der Waals surface area contributed by atoms with E-state index in [4.69, 9.17) is 0 Å². The summed E-state index contributed by atoms with van der Waals surface area (Å²) in [4.78, 5) is 0. The monoisotopic (exact) mass is 255 g/mol. The number of hydrogen-bond acceptors (Lipinski definition) is 1. The Morgan fingerprint density at radius 2 is 1.78 bits per heavy atom. The van der Waals surface area contributed by atoms with Gasteiger partial charge < -0.3 is 5.32 Å². The van der Waals surface area contributed by atoms with Crippen LogP contribution >= 0.6 is 0 Å². The fourth-order valence-electron chi connectivity index (χ4n) is 1.92. The highest BCUT2D eigenvalue weighted by atomic mass is 19.2. The topological polar surface area (TPSA) is 12.0 Å². The van der Waals surface area contributed by atoms with Gasteiger partial charge in [0.05, 0.1) is 0 Å². The van der Waals surface area contributed by atoms with Gasteiger partial charge in [-0.25, -0.2) is 8.78 Å². The minimum Gasteiger partial charge on any atom is -0.314 e. The molecular formula is C15H23F2N. The second-order valence-electron chi connectivity index (χ2n) is 5.48. The zero-order valence-corrected chi connectivity index (χ0v) is 11.6. The third kappa shape index (κ3) is 4.37. The second kappa shape index (κ2) is 6.83. The van der Waals surface area contributed by atoms with Crippen molar-refractivity contribution in [2.45, 2.75) is 40.2 Å². The summed E-state index contributed by atoms with van der Waals surface area (Å²) >= 11 is 0. The SMILES string of the molecule is CC(C)NCC(Cc1cccc(F)c1F)C(C)C. The molecule has 0 spiro atoms. The predicted octanol–water partition coefficient (Wildman–Crippen LogP) is 3.78. The minimum absolute atomic E-state index is 0.309. The number of hydrogen-bond donors (Lipinski definition) is 1. The zero-order chi connectivity index (χ0) is 13.7. The Morgan fingerprint density at radius 1 is 1.11 bits per heavy atom. The predicted molar refractivity (Wildman–Crippen MR) is 71.5 cm³/mol. The molecular weight excluding hydrogens is 232 g/mol. The van der Waals surface area contributed by atoms with Crippen LogP contribution in [0.25, 0.3) is 0 Å². The molecule has 0 aromatic heterocycles. The van der Waals surface area contributed by atoms with Crippen molar-refractivity contribution in [2.75, 3.05) is 6.54 Å². The normalized spacial score (nSPS) is 13.3. The molecule has 1 nitrogen and oxygen atoms in total. The average Bonchev–Trinajstić information content (AvgIpc) is 2.29. The molecule has 1 aromatic rings. The molecule has 0 aliphatic carbocycles. The average molecular weight is 255 g/mol. The highest BCUT2D eigenvalue weighted by Gasteiger charge is 2.17. The van der Waals surface area contributed by atoms with Crippen LogP contribution in [0.2, 0.25) is 0 Å². The maximum atomic E-state index is 13.6. The van der Waals surface area contributed by atoms with E-state index in [1.165, 1.54) is 0 Å². The lowest BCUT2D eigenvalue weighted by Gasteiger charge is -2.23. The summed E-state index contributed by atoms with van der Waals surface area (Å²) in [5, 5.41) is 3.37. The Kier molecular flexibility index (Phi) is 5.73. The van der Waals surface area contributed by atoms with E-state index in [0.717, 1.165) is 12.6 Å². The van der Waals surface area contributed by atoms with Crippen molar-refractivity contribution in [3.63, 3.8) is 0 Å². The quantitative estimate of drug-likeness (QED) is 0.815. The van der Waals surface area contributed by atoms with Gasteiger partial charge in [0.1, 0.15) is 0 Å². The van der Waals surface area contributed by atoms with E-state index in [-0.39, 0.29) is 0 Å². The Labute approximate surface area is 109 Å².